The van der Waals surface area contributed by atoms with E-state index in [2.05, 4.69) is 10.6 Å². The number of hydrogen-bond donors (Lipinski definition) is 2. The van der Waals surface area contributed by atoms with Crippen molar-refractivity contribution in [3.05, 3.63) is 62.7 Å². The van der Waals surface area contributed by atoms with Gasteiger partial charge >= 0.3 is 6.18 Å². The molecule has 0 spiro atoms. The molecule has 0 heterocycles. The van der Waals surface area contributed by atoms with Crippen LogP contribution in [0.1, 0.15) is 22.3 Å². The average Bonchev–Trinajstić information content (AvgIpc) is 2.55. The van der Waals surface area contributed by atoms with E-state index < -0.39 is 28.3 Å². The summed E-state index contributed by atoms with van der Waals surface area (Å²) in [4.78, 5) is 22.3. The minimum absolute atomic E-state index is 0.166. The van der Waals surface area contributed by atoms with Crippen molar-refractivity contribution >= 4 is 23.0 Å². The highest BCUT2D eigenvalue weighted by Crippen LogP contribution is 2.34. The summed E-state index contributed by atoms with van der Waals surface area (Å²) in [7, 11) is 0. The van der Waals surface area contributed by atoms with E-state index in [4.69, 9.17) is 0 Å². The van der Waals surface area contributed by atoms with Gasteiger partial charge in [0.2, 0.25) is 5.91 Å². The Kier molecular flexibility index (Phi) is 5.72. The summed E-state index contributed by atoms with van der Waals surface area (Å²) in [6, 6.07) is 5.90. The highest BCUT2D eigenvalue weighted by Gasteiger charge is 2.33. The lowest BCUT2D eigenvalue weighted by molar-refractivity contribution is -0.384. The summed E-state index contributed by atoms with van der Waals surface area (Å²) in [5, 5.41) is 16.3. The highest BCUT2D eigenvalue weighted by atomic mass is 19.4. The number of aryl methyl sites for hydroxylation is 3. The van der Waals surface area contributed by atoms with Crippen molar-refractivity contribution in [1.82, 2.24) is 0 Å². The first kappa shape index (κ1) is 20.2. The second-order valence-corrected chi connectivity index (χ2v) is 6.16. The number of nitro groups is 1. The summed E-state index contributed by atoms with van der Waals surface area (Å²) in [6.45, 7) is 5.27. The van der Waals surface area contributed by atoms with E-state index in [0.717, 1.165) is 28.8 Å². The van der Waals surface area contributed by atoms with Gasteiger partial charge in [-0.1, -0.05) is 17.7 Å². The normalized spacial score (nSPS) is 11.2. The van der Waals surface area contributed by atoms with Crippen LogP contribution in [-0.4, -0.2) is 17.4 Å². The van der Waals surface area contributed by atoms with Gasteiger partial charge in [-0.05, 0) is 44.0 Å². The Morgan fingerprint density at radius 2 is 1.70 bits per heavy atom. The van der Waals surface area contributed by atoms with Crippen molar-refractivity contribution in [2.75, 3.05) is 17.2 Å². The Labute approximate surface area is 153 Å². The lowest BCUT2D eigenvalue weighted by Gasteiger charge is -2.14. The molecule has 9 heteroatoms. The van der Waals surface area contributed by atoms with E-state index in [0.29, 0.717) is 11.8 Å². The van der Waals surface area contributed by atoms with Gasteiger partial charge in [0.25, 0.3) is 5.69 Å². The molecule has 2 N–H and O–H groups in total. The maximum Gasteiger partial charge on any atom is 0.416 e. The van der Waals surface area contributed by atoms with Gasteiger partial charge in [-0.25, -0.2) is 0 Å². The molecule has 2 aromatic carbocycles. The van der Waals surface area contributed by atoms with Crippen LogP contribution in [0.3, 0.4) is 0 Å². The number of amides is 1. The third kappa shape index (κ3) is 4.96. The molecule has 0 bridgehead atoms. The molecule has 0 fully saturated rings. The molecule has 0 aliphatic rings. The topological polar surface area (TPSA) is 84.3 Å². The van der Waals surface area contributed by atoms with Crippen LogP contribution in [0.2, 0.25) is 0 Å². The summed E-state index contributed by atoms with van der Waals surface area (Å²) in [5.41, 5.74) is 1.36. The van der Waals surface area contributed by atoms with Crippen LogP contribution in [0.4, 0.5) is 30.2 Å². The van der Waals surface area contributed by atoms with E-state index >= 15 is 0 Å². The Morgan fingerprint density at radius 1 is 1.11 bits per heavy atom. The molecule has 6 nitrogen and oxygen atoms in total. The van der Waals surface area contributed by atoms with Gasteiger partial charge in [-0.15, -0.1) is 0 Å². The molecular weight excluding hydrogens is 363 g/mol. The first-order chi connectivity index (χ1) is 12.5. The van der Waals surface area contributed by atoms with E-state index in [1.165, 1.54) is 0 Å². The number of alkyl halides is 3. The predicted octanol–water partition coefficient (Wildman–Crippen LogP) is 4.59. The number of carbonyl (C=O) groups excluding carboxylic acids is 1. The van der Waals surface area contributed by atoms with Crippen molar-refractivity contribution in [2.24, 2.45) is 0 Å². The first-order valence-corrected chi connectivity index (χ1v) is 7.96. The number of anilines is 2. The Bertz CT molecular complexity index is 872. The molecule has 0 saturated carbocycles. The quantitative estimate of drug-likeness (QED) is 0.586. The minimum Gasteiger partial charge on any atom is -0.371 e. The first-order valence-electron chi connectivity index (χ1n) is 7.96. The van der Waals surface area contributed by atoms with Crippen LogP contribution in [0.5, 0.6) is 0 Å². The second kappa shape index (κ2) is 7.65. The number of nitro benzene ring substituents is 1. The Morgan fingerprint density at radius 3 is 2.22 bits per heavy atom. The number of halogens is 3. The molecule has 0 unspecified atom stereocenters. The van der Waals surface area contributed by atoms with Gasteiger partial charge in [-0.2, -0.15) is 13.2 Å². The van der Waals surface area contributed by atoms with E-state index in [9.17, 15) is 28.1 Å². The third-order valence-corrected chi connectivity index (χ3v) is 3.90. The van der Waals surface area contributed by atoms with Gasteiger partial charge < -0.3 is 10.6 Å². The highest BCUT2D eigenvalue weighted by molar-refractivity contribution is 5.95. The van der Waals surface area contributed by atoms with Gasteiger partial charge in [0.1, 0.15) is 5.69 Å². The maximum absolute atomic E-state index is 12.7. The molecule has 0 saturated heterocycles. The van der Waals surface area contributed by atoms with Crippen LogP contribution < -0.4 is 10.6 Å². The van der Waals surface area contributed by atoms with Gasteiger partial charge in [0.15, 0.2) is 0 Å². The number of nitrogens with one attached hydrogen (secondary N) is 2. The van der Waals surface area contributed by atoms with Crippen molar-refractivity contribution in [2.45, 2.75) is 26.9 Å². The lowest BCUT2D eigenvalue weighted by atomic mass is 10.1. The molecule has 0 atom stereocenters. The number of carbonyl (C=O) groups is 1. The molecule has 27 heavy (non-hydrogen) atoms. The fourth-order valence-corrected chi connectivity index (χ4v) is 2.74. The van der Waals surface area contributed by atoms with Crippen LogP contribution >= 0.6 is 0 Å². The van der Waals surface area contributed by atoms with Gasteiger partial charge in [-0.3, -0.25) is 14.9 Å². The number of nitrogens with zero attached hydrogens (tertiary/aromatic N) is 1. The molecular formula is C18H18F3N3O3. The minimum atomic E-state index is -4.69. The molecule has 144 valence electrons. The standard InChI is InChI=1S/C18H18F3N3O3/c1-10-6-11(2)17(12(3)7-10)23-16(25)9-22-14-5-4-13(18(19,20)21)8-15(14)24(26)27/h4-8,22H,9H2,1-3H3,(H,23,25). The molecule has 0 radical (unpaired) electrons. The third-order valence-electron chi connectivity index (χ3n) is 3.90. The number of rotatable bonds is 5. The fourth-order valence-electron chi connectivity index (χ4n) is 2.74. The smallest absolute Gasteiger partial charge is 0.371 e. The maximum atomic E-state index is 12.7. The van der Waals surface area contributed by atoms with Crippen LogP contribution in [-0.2, 0) is 11.0 Å². The molecule has 0 aliphatic carbocycles. The number of benzene rings is 2. The zero-order chi connectivity index (χ0) is 20.4. The number of hydrogen-bond acceptors (Lipinski definition) is 4. The molecule has 0 aliphatic heterocycles. The SMILES string of the molecule is Cc1cc(C)c(NC(=O)CNc2ccc(C(F)(F)F)cc2[N+](=O)[O-])c(C)c1. The summed E-state index contributed by atoms with van der Waals surface area (Å²) < 4.78 is 38.1. The zero-order valence-electron chi connectivity index (χ0n) is 14.9. The van der Waals surface area contributed by atoms with Crippen molar-refractivity contribution in [3.63, 3.8) is 0 Å². The largest absolute Gasteiger partial charge is 0.416 e. The van der Waals surface area contributed by atoms with Crippen molar-refractivity contribution in [3.8, 4) is 0 Å². The zero-order valence-corrected chi connectivity index (χ0v) is 14.9. The van der Waals surface area contributed by atoms with Gasteiger partial charge in [0.05, 0.1) is 17.0 Å². The molecule has 2 rings (SSSR count). The fraction of sp³-hybridized carbons (Fsp3) is 0.278. The van der Waals surface area contributed by atoms with Gasteiger partial charge in [0, 0.05) is 11.8 Å². The molecule has 1 amide bonds. The second-order valence-electron chi connectivity index (χ2n) is 6.16. The lowest BCUT2D eigenvalue weighted by Crippen LogP contribution is -2.23. The van der Waals surface area contributed by atoms with Crippen LogP contribution in [0.15, 0.2) is 30.3 Å². The van der Waals surface area contributed by atoms with Crippen molar-refractivity contribution in [1.29, 1.82) is 0 Å². The molecule has 2 aromatic rings. The average molecular weight is 381 g/mol. The Balaban J connectivity index is 2.14. The summed E-state index contributed by atoms with van der Waals surface area (Å²) >= 11 is 0. The van der Waals surface area contributed by atoms with E-state index in [1.54, 1.807) is 0 Å². The van der Waals surface area contributed by atoms with E-state index in [1.807, 2.05) is 32.9 Å². The monoisotopic (exact) mass is 381 g/mol. The van der Waals surface area contributed by atoms with E-state index in [-0.39, 0.29) is 12.2 Å². The van der Waals surface area contributed by atoms with Crippen LogP contribution in [0, 0.1) is 30.9 Å². The summed E-state index contributed by atoms with van der Waals surface area (Å²) in [6.07, 6.45) is -4.69. The predicted molar refractivity (Wildman–Crippen MR) is 95.9 cm³/mol. The Hall–Kier alpha value is -3.10. The van der Waals surface area contributed by atoms with Crippen LogP contribution in [0.25, 0.3) is 0 Å². The molecule has 0 aromatic heterocycles. The summed E-state index contributed by atoms with van der Waals surface area (Å²) in [5.74, 6) is -0.473. The van der Waals surface area contributed by atoms with Crippen molar-refractivity contribution < 1.29 is 22.9 Å².